The van der Waals surface area contributed by atoms with Crippen molar-refractivity contribution in [3.8, 4) is 0 Å². The molecule has 0 radical (unpaired) electrons. The van der Waals surface area contributed by atoms with Gasteiger partial charge in [0.25, 0.3) is 11.8 Å². The van der Waals surface area contributed by atoms with Gasteiger partial charge in [0.2, 0.25) is 0 Å². The number of nitrogens with one attached hydrogen (secondary N) is 2. The predicted molar refractivity (Wildman–Crippen MR) is 139 cm³/mol. The van der Waals surface area contributed by atoms with Crippen LogP contribution in [-0.4, -0.2) is 61.1 Å². The highest BCUT2D eigenvalue weighted by atomic mass is 35.5. The fourth-order valence-corrected chi connectivity index (χ4v) is 5.08. The molecule has 5 rings (SSSR count). The Bertz CT molecular complexity index is 1370. The number of morpholine rings is 1. The van der Waals surface area contributed by atoms with E-state index in [9.17, 15) is 9.59 Å². The number of carbonyl (C=O) groups is 2. The number of ether oxygens (including phenoxy) is 1. The number of allylic oxidation sites excluding steroid dienone is 4. The van der Waals surface area contributed by atoms with Gasteiger partial charge in [0.1, 0.15) is 0 Å². The molecule has 0 saturated carbocycles. The smallest absolute Gasteiger partial charge is 0.251 e. The summed E-state index contributed by atoms with van der Waals surface area (Å²) in [6, 6.07) is 9.32. The van der Waals surface area contributed by atoms with Crippen LogP contribution >= 0.6 is 23.2 Å². The molecule has 9 heteroatoms. The third kappa shape index (κ3) is 4.95. The highest BCUT2D eigenvalue weighted by Crippen LogP contribution is 2.38. The monoisotopic (exact) mass is 512 g/mol. The number of carbonyl (C=O) groups excluding carboxylic acids is 2. The number of halogens is 2. The lowest BCUT2D eigenvalue weighted by molar-refractivity contribution is 0.0383. The second-order valence-corrected chi connectivity index (χ2v) is 9.74. The van der Waals surface area contributed by atoms with E-state index in [-0.39, 0.29) is 11.8 Å². The number of fused-ring (bicyclic) bond motifs is 3. The van der Waals surface area contributed by atoms with Gasteiger partial charge in [-0.25, -0.2) is 0 Å². The molecule has 3 aromatic rings. The van der Waals surface area contributed by atoms with Crippen molar-refractivity contribution in [2.24, 2.45) is 5.73 Å². The van der Waals surface area contributed by atoms with Crippen LogP contribution in [0.3, 0.4) is 0 Å². The van der Waals surface area contributed by atoms with Crippen LogP contribution in [0.5, 0.6) is 0 Å². The number of aromatic amines is 1. The first-order chi connectivity index (χ1) is 16.9. The summed E-state index contributed by atoms with van der Waals surface area (Å²) in [4.78, 5) is 30.8. The summed E-state index contributed by atoms with van der Waals surface area (Å²) in [6.07, 6.45) is 4.29. The third-order valence-corrected chi connectivity index (χ3v) is 7.45. The van der Waals surface area contributed by atoms with E-state index in [0.29, 0.717) is 39.7 Å². The molecule has 7 nitrogen and oxygen atoms in total. The Morgan fingerprint density at radius 1 is 1.14 bits per heavy atom. The second-order valence-electron chi connectivity index (χ2n) is 8.87. The van der Waals surface area contributed by atoms with Crippen molar-refractivity contribution in [3.05, 3.63) is 69.2 Å². The highest BCUT2D eigenvalue weighted by Gasteiger charge is 2.21. The van der Waals surface area contributed by atoms with Crippen molar-refractivity contribution in [1.29, 1.82) is 0 Å². The molecule has 2 heterocycles. The second kappa shape index (κ2) is 10.0. The van der Waals surface area contributed by atoms with E-state index >= 15 is 0 Å². The average molecular weight is 513 g/mol. The van der Waals surface area contributed by atoms with Gasteiger partial charge in [-0.1, -0.05) is 29.3 Å². The van der Waals surface area contributed by atoms with Gasteiger partial charge in [-0.05, 0) is 48.4 Å². The van der Waals surface area contributed by atoms with Crippen LogP contribution in [-0.2, 0) is 4.74 Å². The van der Waals surface area contributed by atoms with Crippen LogP contribution in [0.15, 0.2) is 52.5 Å². The minimum Gasteiger partial charge on any atom is -0.379 e. The van der Waals surface area contributed by atoms with Crippen LogP contribution in [0.1, 0.15) is 38.6 Å². The summed E-state index contributed by atoms with van der Waals surface area (Å²) in [5, 5.41) is 5.79. The number of benzene rings is 2. The lowest BCUT2D eigenvalue weighted by Crippen LogP contribution is -2.41. The summed E-state index contributed by atoms with van der Waals surface area (Å²) < 4.78 is 5.37. The maximum absolute atomic E-state index is 12.9. The molecule has 2 aliphatic rings. The van der Waals surface area contributed by atoms with Crippen LogP contribution in [0.25, 0.3) is 21.8 Å². The summed E-state index contributed by atoms with van der Waals surface area (Å²) >= 11 is 12.4. The summed E-state index contributed by atoms with van der Waals surface area (Å²) in [6.45, 7) is 4.56. The third-order valence-electron chi connectivity index (χ3n) is 6.64. The van der Waals surface area contributed by atoms with Gasteiger partial charge in [0.05, 0.1) is 29.3 Å². The normalized spacial score (nSPS) is 19.0. The molecule has 0 spiro atoms. The minimum atomic E-state index is -0.524. The van der Waals surface area contributed by atoms with Crippen LogP contribution in [0.2, 0.25) is 0 Å². The number of rotatable bonds is 6. The number of nitrogens with zero attached hydrogens (tertiary/aromatic N) is 1. The Labute approximate surface area is 212 Å². The standard InChI is InChI=1S/C26H26Cl2N4O3/c27-21-3-1-15(14-22(21)28)17-12-19-18-11-16(26(34)30-5-6-32-7-9-35-10-8-32)2-4-23(18)31-24(19)20(13-17)25(29)33/h1-4,11-13,15,31H,5-10,14H2,(H2,29,33)(H,30,34). The number of hydrogen-bond acceptors (Lipinski definition) is 4. The van der Waals surface area contributed by atoms with E-state index in [1.165, 1.54) is 0 Å². The molecule has 0 bridgehead atoms. The molecule has 2 amide bonds. The van der Waals surface area contributed by atoms with Gasteiger partial charge in [-0.2, -0.15) is 0 Å². The number of H-pyrrole nitrogens is 1. The number of aromatic nitrogens is 1. The Balaban J connectivity index is 1.45. The van der Waals surface area contributed by atoms with Crippen molar-refractivity contribution in [1.82, 2.24) is 15.2 Å². The van der Waals surface area contributed by atoms with E-state index in [0.717, 1.165) is 54.7 Å². The van der Waals surface area contributed by atoms with Gasteiger partial charge >= 0.3 is 0 Å². The van der Waals surface area contributed by atoms with Crippen LogP contribution in [0.4, 0.5) is 0 Å². The fourth-order valence-electron chi connectivity index (χ4n) is 4.70. The largest absolute Gasteiger partial charge is 0.379 e. The number of hydrogen-bond donors (Lipinski definition) is 3. The molecule has 2 aromatic carbocycles. The van der Waals surface area contributed by atoms with Crippen LogP contribution < -0.4 is 11.1 Å². The fraction of sp³-hybridized carbons (Fsp3) is 0.308. The van der Waals surface area contributed by atoms with E-state index in [1.54, 1.807) is 18.2 Å². The Morgan fingerprint density at radius 3 is 2.69 bits per heavy atom. The van der Waals surface area contributed by atoms with Gasteiger partial charge in [-0.3, -0.25) is 14.5 Å². The number of amides is 2. The molecule has 1 unspecified atom stereocenters. The van der Waals surface area contributed by atoms with Gasteiger partial charge < -0.3 is 20.8 Å². The van der Waals surface area contributed by atoms with Crippen molar-refractivity contribution < 1.29 is 14.3 Å². The molecule has 1 saturated heterocycles. The van der Waals surface area contributed by atoms with Crippen molar-refractivity contribution >= 4 is 56.8 Å². The minimum absolute atomic E-state index is 0.0379. The Morgan fingerprint density at radius 2 is 1.94 bits per heavy atom. The predicted octanol–water partition coefficient (Wildman–Crippen LogP) is 4.21. The molecule has 1 aromatic heterocycles. The number of primary amides is 1. The van der Waals surface area contributed by atoms with Crippen molar-refractivity contribution in [2.45, 2.75) is 12.3 Å². The van der Waals surface area contributed by atoms with Gasteiger partial charge in [0.15, 0.2) is 0 Å². The molecule has 1 aliphatic heterocycles. The first-order valence-corrected chi connectivity index (χ1v) is 12.4. The molecular weight excluding hydrogens is 487 g/mol. The maximum atomic E-state index is 12.9. The van der Waals surface area contributed by atoms with Crippen molar-refractivity contribution in [3.63, 3.8) is 0 Å². The highest BCUT2D eigenvalue weighted by molar-refractivity contribution is 6.40. The van der Waals surface area contributed by atoms with E-state index in [4.69, 9.17) is 33.7 Å². The van der Waals surface area contributed by atoms with Crippen molar-refractivity contribution in [2.75, 3.05) is 39.4 Å². The molecule has 1 atom stereocenters. The Hall–Kier alpha value is -2.84. The summed E-state index contributed by atoms with van der Waals surface area (Å²) in [5.74, 6) is -0.698. The molecule has 1 aliphatic carbocycles. The molecule has 1 fully saturated rings. The van der Waals surface area contributed by atoms with E-state index < -0.39 is 5.91 Å². The van der Waals surface area contributed by atoms with E-state index in [2.05, 4.69) is 15.2 Å². The zero-order chi connectivity index (χ0) is 24.5. The quantitative estimate of drug-likeness (QED) is 0.460. The lowest BCUT2D eigenvalue weighted by atomic mass is 9.89. The lowest BCUT2D eigenvalue weighted by Gasteiger charge is -2.26. The first kappa shape index (κ1) is 23.9. The molecule has 35 heavy (non-hydrogen) atoms. The Kier molecular flexibility index (Phi) is 6.84. The molecular formula is C26H26Cl2N4O3. The molecule has 182 valence electrons. The average Bonchev–Trinajstić information content (AvgIpc) is 3.23. The number of nitrogens with two attached hydrogens (primary N) is 1. The summed E-state index contributed by atoms with van der Waals surface area (Å²) in [7, 11) is 0. The first-order valence-electron chi connectivity index (χ1n) is 11.6. The zero-order valence-electron chi connectivity index (χ0n) is 19.1. The van der Waals surface area contributed by atoms with Gasteiger partial charge in [-0.15, -0.1) is 0 Å². The molecule has 4 N–H and O–H groups in total. The van der Waals surface area contributed by atoms with E-state index in [1.807, 2.05) is 24.3 Å². The van der Waals surface area contributed by atoms with Crippen LogP contribution in [0, 0.1) is 0 Å². The zero-order valence-corrected chi connectivity index (χ0v) is 20.6. The maximum Gasteiger partial charge on any atom is 0.251 e. The topological polar surface area (TPSA) is 100 Å². The van der Waals surface area contributed by atoms with Gasteiger partial charge in [0, 0.05) is 59.0 Å². The summed E-state index contributed by atoms with van der Waals surface area (Å²) in [5.41, 5.74) is 9.08. The SMILES string of the molecule is NC(=O)c1cc(C2C=CC(Cl)=C(Cl)C2)cc2c1[nH]c1ccc(C(=O)NCCN3CCOCC3)cc12.